The zero-order chi connectivity index (χ0) is 15.9. The summed E-state index contributed by atoms with van der Waals surface area (Å²) in [4.78, 5) is 9.33. The van der Waals surface area contributed by atoms with Gasteiger partial charge < -0.3 is 10.6 Å². The normalized spacial score (nSPS) is 15.3. The van der Waals surface area contributed by atoms with E-state index in [9.17, 15) is 0 Å². The van der Waals surface area contributed by atoms with E-state index in [1.807, 2.05) is 18.2 Å². The molecule has 1 aliphatic carbocycles. The maximum absolute atomic E-state index is 4.67. The lowest BCUT2D eigenvalue weighted by atomic mass is 9.95. The van der Waals surface area contributed by atoms with Crippen LogP contribution in [0.5, 0.6) is 0 Å². The third-order valence-electron chi connectivity index (χ3n) is 4.29. The van der Waals surface area contributed by atoms with Crippen LogP contribution in [-0.2, 0) is 0 Å². The third-order valence-corrected chi connectivity index (χ3v) is 4.29. The van der Waals surface area contributed by atoms with Gasteiger partial charge in [0.1, 0.15) is 5.82 Å². The number of nitrogens with zero attached hydrogens (tertiary/aromatic N) is 2. The lowest BCUT2D eigenvalue weighted by Crippen LogP contribution is -2.23. The Morgan fingerprint density at radius 1 is 1.04 bits per heavy atom. The van der Waals surface area contributed by atoms with Crippen molar-refractivity contribution in [2.45, 2.75) is 51.5 Å². The van der Waals surface area contributed by atoms with Gasteiger partial charge in [-0.3, -0.25) is 0 Å². The highest BCUT2D eigenvalue weighted by atomic mass is 15.1. The summed E-state index contributed by atoms with van der Waals surface area (Å²) in [5, 5.41) is 6.94. The highest BCUT2D eigenvalue weighted by Crippen LogP contribution is 2.25. The summed E-state index contributed by atoms with van der Waals surface area (Å²) in [6.45, 7) is 3.04. The summed E-state index contributed by atoms with van der Waals surface area (Å²) in [6.07, 6.45) is 7.53. The number of hydrogen-bond acceptors (Lipinski definition) is 4. The Balaban J connectivity index is 1.84. The number of aromatic nitrogens is 2. The van der Waals surface area contributed by atoms with Crippen LogP contribution in [-0.4, -0.2) is 22.6 Å². The molecule has 1 heterocycles. The number of benzene rings is 1. The molecular formula is C19H26N4. The maximum Gasteiger partial charge on any atom is 0.225 e. The minimum atomic E-state index is 0.543. The molecule has 0 amide bonds. The molecule has 4 heteroatoms. The predicted molar refractivity (Wildman–Crippen MR) is 96.7 cm³/mol. The topological polar surface area (TPSA) is 49.8 Å². The molecule has 1 aromatic heterocycles. The summed E-state index contributed by atoms with van der Waals surface area (Å²) in [7, 11) is 0. The summed E-state index contributed by atoms with van der Waals surface area (Å²) in [6, 6.07) is 12.9. The van der Waals surface area contributed by atoms with Crippen LogP contribution in [0.4, 0.5) is 11.8 Å². The monoisotopic (exact) mass is 310 g/mol. The lowest BCUT2D eigenvalue weighted by Gasteiger charge is -2.23. The summed E-state index contributed by atoms with van der Waals surface area (Å²) in [5.74, 6) is 1.65. The Morgan fingerprint density at radius 3 is 2.57 bits per heavy atom. The van der Waals surface area contributed by atoms with Crippen molar-refractivity contribution in [2.75, 3.05) is 17.2 Å². The Hall–Kier alpha value is -2.10. The van der Waals surface area contributed by atoms with Crippen LogP contribution < -0.4 is 10.6 Å². The van der Waals surface area contributed by atoms with Gasteiger partial charge in [-0.25, -0.2) is 4.98 Å². The average Bonchev–Trinajstić information content (AvgIpc) is 2.61. The molecular weight excluding hydrogens is 284 g/mol. The van der Waals surface area contributed by atoms with E-state index in [4.69, 9.17) is 0 Å². The standard InChI is InChI=1S/C19H26N4/c1-2-13-20-19-22-17(15-9-5-3-6-10-15)14-18(23-19)21-16-11-7-4-8-12-16/h3,5-6,9-10,14,16H,2,4,7-8,11-13H2,1H3,(H2,20,21,22,23). The molecule has 4 nitrogen and oxygen atoms in total. The zero-order valence-corrected chi connectivity index (χ0v) is 13.9. The van der Waals surface area contributed by atoms with E-state index < -0.39 is 0 Å². The number of hydrogen-bond donors (Lipinski definition) is 2. The molecule has 1 aromatic carbocycles. The van der Waals surface area contributed by atoms with Crippen LogP contribution in [0.1, 0.15) is 45.4 Å². The Bertz CT molecular complexity index is 606. The summed E-state index contributed by atoms with van der Waals surface area (Å²) >= 11 is 0. The first-order valence-corrected chi connectivity index (χ1v) is 8.80. The lowest BCUT2D eigenvalue weighted by molar-refractivity contribution is 0.462. The molecule has 0 atom stereocenters. The fraction of sp³-hybridized carbons (Fsp3) is 0.474. The summed E-state index contributed by atoms with van der Waals surface area (Å²) < 4.78 is 0. The van der Waals surface area contributed by atoms with E-state index in [0.717, 1.165) is 30.0 Å². The quantitative estimate of drug-likeness (QED) is 0.811. The van der Waals surface area contributed by atoms with Gasteiger partial charge in [0, 0.05) is 24.2 Å². The first-order chi connectivity index (χ1) is 11.3. The molecule has 1 aliphatic rings. The van der Waals surface area contributed by atoms with Crippen molar-refractivity contribution in [3.63, 3.8) is 0 Å². The zero-order valence-electron chi connectivity index (χ0n) is 13.9. The van der Waals surface area contributed by atoms with Gasteiger partial charge in [-0.15, -0.1) is 0 Å². The van der Waals surface area contributed by atoms with Crippen molar-refractivity contribution < 1.29 is 0 Å². The second kappa shape index (κ2) is 7.95. The Kier molecular flexibility index (Phi) is 5.46. The summed E-state index contributed by atoms with van der Waals surface area (Å²) in [5.41, 5.74) is 2.10. The minimum Gasteiger partial charge on any atom is -0.367 e. The van der Waals surface area contributed by atoms with E-state index in [0.29, 0.717) is 12.0 Å². The molecule has 0 radical (unpaired) electrons. The van der Waals surface area contributed by atoms with Crippen molar-refractivity contribution in [2.24, 2.45) is 0 Å². The fourth-order valence-corrected chi connectivity index (χ4v) is 3.05. The van der Waals surface area contributed by atoms with E-state index in [1.165, 1.54) is 32.1 Å². The van der Waals surface area contributed by atoms with Gasteiger partial charge in [-0.05, 0) is 19.3 Å². The van der Waals surface area contributed by atoms with Crippen molar-refractivity contribution in [3.05, 3.63) is 36.4 Å². The predicted octanol–water partition coefficient (Wildman–Crippen LogP) is 4.71. The molecule has 0 saturated heterocycles. The van der Waals surface area contributed by atoms with Gasteiger partial charge in [0.2, 0.25) is 5.95 Å². The van der Waals surface area contributed by atoms with Crippen LogP contribution in [0.15, 0.2) is 36.4 Å². The van der Waals surface area contributed by atoms with Crippen molar-refractivity contribution in [1.29, 1.82) is 0 Å². The molecule has 0 spiro atoms. The molecule has 0 unspecified atom stereocenters. The molecule has 1 fully saturated rings. The molecule has 23 heavy (non-hydrogen) atoms. The first kappa shape index (κ1) is 15.8. The van der Waals surface area contributed by atoms with Gasteiger partial charge in [-0.1, -0.05) is 56.5 Å². The second-order valence-electron chi connectivity index (χ2n) is 6.23. The van der Waals surface area contributed by atoms with E-state index in [-0.39, 0.29) is 0 Å². The van der Waals surface area contributed by atoms with Crippen molar-refractivity contribution >= 4 is 11.8 Å². The molecule has 0 aliphatic heterocycles. The second-order valence-corrected chi connectivity index (χ2v) is 6.23. The number of anilines is 2. The molecule has 2 aromatic rings. The van der Waals surface area contributed by atoms with Crippen molar-refractivity contribution in [3.8, 4) is 11.3 Å². The molecule has 2 N–H and O–H groups in total. The Labute approximate surface area is 138 Å². The number of rotatable bonds is 6. The van der Waals surface area contributed by atoms with Gasteiger partial charge in [0.05, 0.1) is 5.69 Å². The number of nitrogens with one attached hydrogen (secondary N) is 2. The molecule has 122 valence electrons. The fourth-order valence-electron chi connectivity index (χ4n) is 3.05. The minimum absolute atomic E-state index is 0.543. The van der Waals surface area contributed by atoms with E-state index >= 15 is 0 Å². The Morgan fingerprint density at radius 2 is 1.83 bits per heavy atom. The van der Waals surface area contributed by atoms with Crippen LogP contribution in [0.3, 0.4) is 0 Å². The average molecular weight is 310 g/mol. The third kappa shape index (κ3) is 4.44. The highest BCUT2D eigenvalue weighted by Gasteiger charge is 2.15. The molecule has 3 rings (SSSR count). The molecule has 1 saturated carbocycles. The largest absolute Gasteiger partial charge is 0.367 e. The molecule has 0 bridgehead atoms. The maximum atomic E-state index is 4.67. The van der Waals surface area contributed by atoms with E-state index in [2.05, 4.69) is 45.7 Å². The highest BCUT2D eigenvalue weighted by molar-refractivity contribution is 5.64. The van der Waals surface area contributed by atoms with Gasteiger partial charge in [-0.2, -0.15) is 4.98 Å². The van der Waals surface area contributed by atoms with Crippen LogP contribution in [0.2, 0.25) is 0 Å². The van der Waals surface area contributed by atoms with Gasteiger partial charge >= 0.3 is 0 Å². The van der Waals surface area contributed by atoms with Gasteiger partial charge in [0.15, 0.2) is 0 Å². The van der Waals surface area contributed by atoms with Gasteiger partial charge in [0.25, 0.3) is 0 Å². The first-order valence-electron chi connectivity index (χ1n) is 8.80. The van der Waals surface area contributed by atoms with Crippen LogP contribution in [0.25, 0.3) is 11.3 Å². The van der Waals surface area contributed by atoms with Crippen molar-refractivity contribution in [1.82, 2.24) is 9.97 Å². The van der Waals surface area contributed by atoms with Crippen LogP contribution in [0, 0.1) is 0 Å². The van der Waals surface area contributed by atoms with Crippen LogP contribution >= 0.6 is 0 Å². The smallest absolute Gasteiger partial charge is 0.225 e. The SMILES string of the molecule is CCCNc1nc(NC2CCCCC2)cc(-c2ccccc2)n1. The van der Waals surface area contributed by atoms with E-state index in [1.54, 1.807) is 0 Å².